The van der Waals surface area contributed by atoms with E-state index in [9.17, 15) is 0 Å². The predicted molar refractivity (Wildman–Crippen MR) is 80.4 cm³/mol. The summed E-state index contributed by atoms with van der Waals surface area (Å²) in [6.07, 6.45) is 4.05. The second kappa shape index (κ2) is 6.61. The Bertz CT molecular complexity index is 488. The molecule has 20 heavy (non-hydrogen) atoms. The fourth-order valence-electron chi connectivity index (χ4n) is 2.93. The number of aliphatic hydroxyl groups is 1. The van der Waals surface area contributed by atoms with E-state index in [1.807, 2.05) is 19.1 Å². The first-order valence-electron chi connectivity index (χ1n) is 7.13. The fraction of sp³-hybridized carbons (Fsp3) is 0.533. The highest BCUT2D eigenvalue weighted by Gasteiger charge is 2.26. The largest absolute Gasteiger partial charge is 0.409 e. The molecule has 0 saturated carbocycles. The molecule has 0 amide bonds. The minimum absolute atomic E-state index is 0.146. The lowest BCUT2D eigenvalue weighted by atomic mass is 10.0. The monoisotopic (exact) mass is 277 g/mol. The Labute approximate surface area is 119 Å². The average molecular weight is 277 g/mol. The summed E-state index contributed by atoms with van der Waals surface area (Å²) < 4.78 is 0. The van der Waals surface area contributed by atoms with Crippen molar-refractivity contribution >= 4 is 11.5 Å². The van der Waals surface area contributed by atoms with Crippen LogP contribution in [0.15, 0.2) is 23.4 Å². The van der Waals surface area contributed by atoms with E-state index < -0.39 is 0 Å². The number of rotatable bonds is 5. The third-order valence-corrected chi connectivity index (χ3v) is 3.92. The van der Waals surface area contributed by atoms with Crippen molar-refractivity contribution in [2.24, 2.45) is 10.9 Å². The Balaban J connectivity index is 2.32. The van der Waals surface area contributed by atoms with Crippen molar-refractivity contribution < 1.29 is 10.3 Å². The van der Waals surface area contributed by atoms with Gasteiger partial charge in [-0.05, 0) is 50.3 Å². The SMILES string of the molecule is Cc1ccc(C(N)=NO)c(N2CCCC2CCCO)c1. The summed E-state index contributed by atoms with van der Waals surface area (Å²) >= 11 is 0. The van der Waals surface area contributed by atoms with Crippen LogP contribution in [0, 0.1) is 6.92 Å². The lowest BCUT2D eigenvalue weighted by Gasteiger charge is -2.29. The summed E-state index contributed by atoms with van der Waals surface area (Å²) in [4.78, 5) is 2.33. The molecule has 4 N–H and O–H groups in total. The highest BCUT2D eigenvalue weighted by Crippen LogP contribution is 2.31. The molecule has 1 aliphatic heterocycles. The molecular weight excluding hydrogens is 254 g/mol. The molecule has 1 fully saturated rings. The lowest BCUT2D eigenvalue weighted by molar-refractivity contribution is 0.279. The molecule has 1 heterocycles. The highest BCUT2D eigenvalue weighted by atomic mass is 16.4. The van der Waals surface area contributed by atoms with Gasteiger partial charge >= 0.3 is 0 Å². The molecule has 0 spiro atoms. The van der Waals surface area contributed by atoms with Gasteiger partial charge in [-0.25, -0.2) is 0 Å². The molecule has 0 aliphatic carbocycles. The number of aryl methyl sites for hydroxylation is 1. The van der Waals surface area contributed by atoms with Crippen LogP contribution in [0.25, 0.3) is 0 Å². The number of oxime groups is 1. The van der Waals surface area contributed by atoms with Gasteiger partial charge in [0.1, 0.15) is 0 Å². The summed E-state index contributed by atoms with van der Waals surface area (Å²) in [6, 6.07) is 6.38. The van der Waals surface area contributed by atoms with Gasteiger partial charge in [-0.15, -0.1) is 0 Å². The summed E-state index contributed by atoms with van der Waals surface area (Å²) in [5.74, 6) is 0.146. The molecule has 1 unspecified atom stereocenters. The number of anilines is 1. The molecule has 2 rings (SSSR count). The van der Waals surface area contributed by atoms with Gasteiger partial charge in [0.2, 0.25) is 0 Å². The molecule has 5 heteroatoms. The van der Waals surface area contributed by atoms with E-state index in [1.165, 1.54) is 0 Å². The van der Waals surface area contributed by atoms with Gasteiger partial charge in [0.15, 0.2) is 5.84 Å². The summed E-state index contributed by atoms with van der Waals surface area (Å²) in [5.41, 5.74) is 8.75. The Morgan fingerprint density at radius 1 is 1.50 bits per heavy atom. The molecule has 1 aromatic rings. The Hall–Kier alpha value is -1.75. The first kappa shape index (κ1) is 14.7. The van der Waals surface area contributed by atoms with Crippen molar-refractivity contribution in [3.63, 3.8) is 0 Å². The molecule has 0 aromatic heterocycles. The Morgan fingerprint density at radius 3 is 3.00 bits per heavy atom. The van der Waals surface area contributed by atoms with Crippen molar-refractivity contribution in [2.45, 2.75) is 38.6 Å². The van der Waals surface area contributed by atoms with E-state index in [1.54, 1.807) is 0 Å². The van der Waals surface area contributed by atoms with Crippen molar-refractivity contribution in [3.8, 4) is 0 Å². The van der Waals surface area contributed by atoms with E-state index in [-0.39, 0.29) is 12.4 Å². The minimum atomic E-state index is 0.146. The van der Waals surface area contributed by atoms with Crippen LogP contribution in [0.3, 0.4) is 0 Å². The van der Waals surface area contributed by atoms with E-state index in [0.29, 0.717) is 6.04 Å². The standard InChI is InChI=1S/C15H23N3O2/c1-11-6-7-13(15(16)17-20)14(10-11)18-8-2-4-12(18)5-3-9-19/h6-7,10,12,19-20H,2-5,8-9H2,1H3,(H2,16,17). The number of hydrogen-bond acceptors (Lipinski definition) is 4. The number of aliphatic hydroxyl groups excluding tert-OH is 1. The summed E-state index contributed by atoms with van der Waals surface area (Å²) in [5, 5.41) is 21.1. The van der Waals surface area contributed by atoms with Gasteiger partial charge in [0.25, 0.3) is 0 Å². The van der Waals surface area contributed by atoms with Gasteiger partial charge in [-0.1, -0.05) is 11.2 Å². The summed E-state index contributed by atoms with van der Waals surface area (Å²) in [7, 11) is 0. The van der Waals surface area contributed by atoms with Crippen LogP contribution in [0.2, 0.25) is 0 Å². The first-order chi connectivity index (χ1) is 9.67. The van der Waals surface area contributed by atoms with Crippen molar-refractivity contribution in [2.75, 3.05) is 18.1 Å². The van der Waals surface area contributed by atoms with Gasteiger partial charge in [0.05, 0.1) is 0 Å². The lowest BCUT2D eigenvalue weighted by Crippen LogP contribution is -2.31. The van der Waals surface area contributed by atoms with Crippen LogP contribution in [0.4, 0.5) is 5.69 Å². The van der Waals surface area contributed by atoms with Gasteiger partial charge in [-0.3, -0.25) is 0 Å². The number of nitrogens with zero attached hydrogens (tertiary/aromatic N) is 2. The smallest absolute Gasteiger partial charge is 0.172 e. The van der Waals surface area contributed by atoms with E-state index in [4.69, 9.17) is 16.0 Å². The van der Waals surface area contributed by atoms with Crippen LogP contribution >= 0.6 is 0 Å². The normalized spacial score (nSPS) is 19.6. The van der Waals surface area contributed by atoms with Crippen molar-refractivity contribution in [1.29, 1.82) is 0 Å². The van der Waals surface area contributed by atoms with Crippen LogP contribution in [0.1, 0.15) is 36.8 Å². The average Bonchev–Trinajstić information content (AvgIpc) is 2.92. The van der Waals surface area contributed by atoms with Crippen molar-refractivity contribution in [1.82, 2.24) is 0 Å². The van der Waals surface area contributed by atoms with Crippen molar-refractivity contribution in [3.05, 3.63) is 29.3 Å². The first-order valence-corrected chi connectivity index (χ1v) is 7.13. The molecule has 1 atom stereocenters. The zero-order valence-electron chi connectivity index (χ0n) is 11.9. The number of hydrogen-bond donors (Lipinski definition) is 3. The predicted octanol–water partition coefficient (Wildman–Crippen LogP) is 1.83. The molecule has 110 valence electrons. The fourth-order valence-corrected chi connectivity index (χ4v) is 2.93. The van der Waals surface area contributed by atoms with Crippen LogP contribution < -0.4 is 10.6 Å². The number of nitrogens with two attached hydrogens (primary N) is 1. The minimum Gasteiger partial charge on any atom is -0.409 e. The zero-order valence-corrected chi connectivity index (χ0v) is 11.9. The van der Waals surface area contributed by atoms with Gasteiger partial charge in [0, 0.05) is 30.4 Å². The van der Waals surface area contributed by atoms with Crippen LogP contribution in [0.5, 0.6) is 0 Å². The molecular formula is C15H23N3O2. The van der Waals surface area contributed by atoms with E-state index in [2.05, 4.69) is 16.1 Å². The molecule has 1 aromatic carbocycles. The topological polar surface area (TPSA) is 82.1 Å². The maximum Gasteiger partial charge on any atom is 0.172 e. The second-order valence-corrected chi connectivity index (χ2v) is 5.36. The molecule has 0 bridgehead atoms. The molecule has 5 nitrogen and oxygen atoms in total. The maximum absolute atomic E-state index is 9.02. The maximum atomic E-state index is 9.02. The number of benzene rings is 1. The molecule has 1 saturated heterocycles. The van der Waals surface area contributed by atoms with E-state index in [0.717, 1.165) is 49.0 Å². The molecule has 0 radical (unpaired) electrons. The quantitative estimate of drug-likeness (QED) is 0.332. The van der Waals surface area contributed by atoms with Crippen LogP contribution in [-0.2, 0) is 0 Å². The molecule has 1 aliphatic rings. The third-order valence-electron chi connectivity index (χ3n) is 3.92. The Morgan fingerprint density at radius 2 is 2.30 bits per heavy atom. The number of amidine groups is 1. The van der Waals surface area contributed by atoms with Gasteiger partial charge < -0.3 is 20.9 Å². The van der Waals surface area contributed by atoms with E-state index >= 15 is 0 Å². The highest BCUT2D eigenvalue weighted by molar-refractivity contribution is 6.02. The third kappa shape index (κ3) is 3.04. The van der Waals surface area contributed by atoms with Crippen LogP contribution in [-0.4, -0.2) is 35.3 Å². The summed E-state index contributed by atoms with van der Waals surface area (Å²) in [6.45, 7) is 3.24. The second-order valence-electron chi connectivity index (χ2n) is 5.36. The van der Waals surface area contributed by atoms with Gasteiger partial charge in [-0.2, -0.15) is 0 Å². The zero-order chi connectivity index (χ0) is 14.5. The Kier molecular flexibility index (Phi) is 4.84.